The van der Waals surface area contributed by atoms with Gasteiger partial charge in [-0.1, -0.05) is 18.2 Å². The van der Waals surface area contributed by atoms with Crippen LogP contribution in [0.4, 0.5) is 0 Å². The lowest BCUT2D eigenvalue weighted by Crippen LogP contribution is -2.26. The third-order valence-corrected chi connectivity index (χ3v) is 2.70. The SMILES string of the molecule is COc1cccc(C2(O)C=CCCC2)n1. The van der Waals surface area contributed by atoms with Crippen molar-refractivity contribution in [1.82, 2.24) is 4.98 Å². The number of methoxy groups -OCH3 is 1. The second kappa shape index (κ2) is 4.03. The van der Waals surface area contributed by atoms with E-state index in [0.717, 1.165) is 19.3 Å². The number of allylic oxidation sites excluding steroid dienone is 1. The van der Waals surface area contributed by atoms with Gasteiger partial charge in [0.2, 0.25) is 5.88 Å². The first kappa shape index (κ1) is 10.2. The van der Waals surface area contributed by atoms with Gasteiger partial charge in [0.15, 0.2) is 0 Å². The van der Waals surface area contributed by atoms with Crippen LogP contribution < -0.4 is 4.74 Å². The van der Waals surface area contributed by atoms with E-state index in [1.54, 1.807) is 13.2 Å². The fourth-order valence-corrected chi connectivity index (χ4v) is 1.83. The van der Waals surface area contributed by atoms with Crippen molar-refractivity contribution in [2.24, 2.45) is 0 Å². The minimum absolute atomic E-state index is 0.542. The molecule has 1 atom stereocenters. The minimum atomic E-state index is -0.910. The molecule has 15 heavy (non-hydrogen) atoms. The standard InChI is InChI=1S/C12H15NO2/c1-15-11-7-5-6-10(13-11)12(14)8-3-2-4-9-12/h3,5-8,14H,2,4,9H2,1H3. The first-order valence-corrected chi connectivity index (χ1v) is 5.16. The molecule has 1 aromatic rings. The maximum Gasteiger partial charge on any atom is 0.213 e. The maximum absolute atomic E-state index is 10.4. The van der Waals surface area contributed by atoms with Gasteiger partial charge < -0.3 is 9.84 Å². The summed E-state index contributed by atoms with van der Waals surface area (Å²) >= 11 is 0. The second-order valence-corrected chi connectivity index (χ2v) is 3.78. The molecule has 0 saturated carbocycles. The summed E-state index contributed by atoms with van der Waals surface area (Å²) in [4.78, 5) is 4.26. The molecule has 80 valence electrons. The normalized spacial score (nSPS) is 25.2. The molecule has 1 N–H and O–H groups in total. The number of ether oxygens (including phenoxy) is 1. The predicted octanol–water partition coefficient (Wildman–Crippen LogP) is 2.02. The number of pyridine rings is 1. The molecule has 0 bridgehead atoms. The van der Waals surface area contributed by atoms with Gasteiger partial charge in [-0.15, -0.1) is 0 Å². The smallest absolute Gasteiger partial charge is 0.213 e. The van der Waals surface area contributed by atoms with Gasteiger partial charge in [0.25, 0.3) is 0 Å². The molecule has 0 aromatic carbocycles. The number of hydrogen-bond acceptors (Lipinski definition) is 3. The van der Waals surface area contributed by atoms with Crippen LogP contribution in [0.1, 0.15) is 25.0 Å². The Labute approximate surface area is 89.4 Å². The van der Waals surface area contributed by atoms with E-state index in [1.807, 2.05) is 24.3 Å². The summed E-state index contributed by atoms with van der Waals surface area (Å²) in [7, 11) is 1.58. The van der Waals surface area contributed by atoms with E-state index in [0.29, 0.717) is 11.6 Å². The van der Waals surface area contributed by atoms with E-state index in [1.165, 1.54) is 0 Å². The van der Waals surface area contributed by atoms with Crippen LogP contribution in [0.25, 0.3) is 0 Å². The predicted molar refractivity (Wildman–Crippen MR) is 57.7 cm³/mol. The van der Waals surface area contributed by atoms with Crippen LogP contribution in [0, 0.1) is 0 Å². The van der Waals surface area contributed by atoms with E-state index in [-0.39, 0.29) is 0 Å². The van der Waals surface area contributed by atoms with Gasteiger partial charge >= 0.3 is 0 Å². The molecule has 3 nitrogen and oxygen atoms in total. The lowest BCUT2D eigenvalue weighted by molar-refractivity contribution is 0.0675. The van der Waals surface area contributed by atoms with Gasteiger partial charge in [0.05, 0.1) is 12.8 Å². The maximum atomic E-state index is 10.4. The van der Waals surface area contributed by atoms with Gasteiger partial charge in [-0.25, -0.2) is 4.98 Å². The summed E-state index contributed by atoms with van der Waals surface area (Å²) in [6.07, 6.45) is 6.59. The molecule has 1 aliphatic carbocycles. The molecule has 0 aliphatic heterocycles. The van der Waals surface area contributed by atoms with Crippen LogP contribution in [-0.2, 0) is 5.60 Å². The first-order chi connectivity index (χ1) is 7.24. The van der Waals surface area contributed by atoms with Gasteiger partial charge in [-0.3, -0.25) is 0 Å². The number of aliphatic hydroxyl groups is 1. The second-order valence-electron chi connectivity index (χ2n) is 3.78. The average molecular weight is 205 g/mol. The molecule has 2 rings (SSSR count). The zero-order valence-corrected chi connectivity index (χ0v) is 8.81. The average Bonchev–Trinajstić information content (AvgIpc) is 2.30. The van der Waals surface area contributed by atoms with E-state index in [4.69, 9.17) is 4.74 Å². The highest BCUT2D eigenvalue weighted by Crippen LogP contribution is 2.31. The Morgan fingerprint density at radius 3 is 3.00 bits per heavy atom. The molecule has 0 amide bonds. The van der Waals surface area contributed by atoms with Crippen molar-refractivity contribution in [3.8, 4) is 5.88 Å². The van der Waals surface area contributed by atoms with E-state index in [2.05, 4.69) is 4.98 Å². The Hall–Kier alpha value is -1.35. The number of nitrogens with zero attached hydrogens (tertiary/aromatic N) is 1. The fourth-order valence-electron chi connectivity index (χ4n) is 1.83. The Balaban J connectivity index is 2.35. The largest absolute Gasteiger partial charge is 0.481 e. The Morgan fingerprint density at radius 1 is 1.47 bits per heavy atom. The molecule has 0 saturated heterocycles. The van der Waals surface area contributed by atoms with E-state index >= 15 is 0 Å². The molecule has 1 heterocycles. The highest BCUT2D eigenvalue weighted by Gasteiger charge is 2.29. The summed E-state index contributed by atoms with van der Waals surface area (Å²) in [5.74, 6) is 0.542. The topological polar surface area (TPSA) is 42.4 Å². The number of hydrogen-bond donors (Lipinski definition) is 1. The Morgan fingerprint density at radius 2 is 2.33 bits per heavy atom. The van der Waals surface area contributed by atoms with Crippen LogP contribution in [0.15, 0.2) is 30.4 Å². The van der Waals surface area contributed by atoms with Gasteiger partial charge in [-0.05, 0) is 25.3 Å². The molecule has 3 heteroatoms. The summed E-state index contributed by atoms with van der Waals surface area (Å²) in [5.41, 5.74) is -0.245. The molecule has 1 unspecified atom stereocenters. The monoisotopic (exact) mass is 205 g/mol. The van der Waals surface area contributed by atoms with Crippen LogP contribution in [0.3, 0.4) is 0 Å². The molecule has 0 spiro atoms. The number of rotatable bonds is 2. The molecule has 0 fully saturated rings. The zero-order valence-electron chi connectivity index (χ0n) is 8.81. The van der Waals surface area contributed by atoms with Gasteiger partial charge in [-0.2, -0.15) is 0 Å². The zero-order chi connectivity index (χ0) is 10.7. The van der Waals surface area contributed by atoms with Gasteiger partial charge in [0, 0.05) is 6.07 Å². The summed E-state index contributed by atoms with van der Waals surface area (Å²) in [6.45, 7) is 0. The molecular weight excluding hydrogens is 190 g/mol. The first-order valence-electron chi connectivity index (χ1n) is 5.16. The molecule has 1 aliphatic rings. The molecule has 0 radical (unpaired) electrons. The van der Waals surface area contributed by atoms with Crippen molar-refractivity contribution >= 4 is 0 Å². The van der Waals surface area contributed by atoms with Crippen molar-refractivity contribution in [2.45, 2.75) is 24.9 Å². The lowest BCUT2D eigenvalue weighted by Gasteiger charge is -2.26. The van der Waals surface area contributed by atoms with Crippen LogP contribution in [-0.4, -0.2) is 17.2 Å². The lowest BCUT2D eigenvalue weighted by atomic mass is 9.88. The summed E-state index contributed by atoms with van der Waals surface area (Å²) < 4.78 is 5.04. The van der Waals surface area contributed by atoms with E-state index in [9.17, 15) is 5.11 Å². The van der Waals surface area contributed by atoms with Crippen LogP contribution in [0.2, 0.25) is 0 Å². The van der Waals surface area contributed by atoms with Crippen molar-refractivity contribution in [3.05, 3.63) is 36.0 Å². The van der Waals surface area contributed by atoms with Crippen LogP contribution >= 0.6 is 0 Å². The third kappa shape index (κ3) is 2.02. The quantitative estimate of drug-likeness (QED) is 0.751. The van der Waals surface area contributed by atoms with Gasteiger partial charge in [0.1, 0.15) is 5.60 Å². The highest BCUT2D eigenvalue weighted by molar-refractivity contribution is 5.25. The minimum Gasteiger partial charge on any atom is -0.481 e. The molecule has 1 aromatic heterocycles. The van der Waals surface area contributed by atoms with Crippen molar-refractivity contribution in [2.75, 3.05) is 7.11 Å². The Bertz CT molecular complexity index is 376. The fraction of sp³-hybridized carbons (Fsp3) is 0.417. The highest BCUT2D eigenvalue weighted by atomic mass is 16.5. The van der Waals surface area contributed by atoms with Crippen molar-refractivity contribution in [3.63, 3.8) is 0 Å². The number of aromatic nitrogens is 1. The third-order valence-electron chi connectivity index (χ3n) is 2.70. The van der Waals surface area contributed by atoms with Crippen molar-refractivity contribution in [1.29, 1.82) is 0 Å². The molecular formula is C12H15NO2. The summed E-state index contributed by atoms with van der Waals surface area (Å²) in [5, 5.41) is 10.4. The van der Waals surface area contributed by atoms with Crippen LogP contribution in [0.5, 0.6) is 5.88 Å². The van der Waals surface area contributed by atoms with Crippen molar-refractivity contribution < 1.29 is 9.84 Å². The van der Waals surface area contributed by atoms with E-state index < -0.39 is 5.60 Å². The summed E-state index contributed by atoms with van der Waals surface area (Å²) in [6, 6.07) is 5.46. The Kier molecular flexibility index (Phi) is 2.73.